The van der Waals surface area contributed by atoms with Crippen molar-refractivity contribution in [3.63, 3.8) is 0 Å². The highest BCUT2D eigenvalue weighted by molar-refractivity contribution is 6.04. The SMILES string of the molecule is Cc1ccc(Nc2ncc(C(=O)Nc3ccccc3C#N)cn2)c(C)c1. The number of aromatic nitrogens is 2. The minimum Gasteiger partial charge on any atom is -0.324 e. The number of rotatable bonds is 4. The van der Waals surface area contributed by atoms with Crippen molar-refractivity contribution < 1.29 is 4.79 Å². The molecule has 1 heterocycles. The van der Waals surface area contributed by atoms with E-state index in [1.165, 1.54) is 18.0 Å². The molecule has 1 aromatic heterocycles. The second-order valence-electron chi connectivity index (χ2n) is 5.85. The second kappa shape index (κ2) is 7.45. The highest BCUT2D eigenvalue weighted by Gasteiger charge is 2.10. The molecule has 0 aliphatic rings. The number of carbonyl (C=O) groups is 1. The minimum atomic E-state index is -0.370. The largest absolute Gasteiger partial charge is 0.324 e. The normalized spacial score (nSPS) is 10.0. The van der Waals surface area contributed by atoms with E-state index >= 15 is 0 Å². The fourth-order valence-electron chi connectivity index (χ4n) is 2.47. The summed E-state index contributed by atoms with van der Waals surface area (Å²) in [5.74, 6) is 0.0386. The van der Waals surface area contributed by atoms with Crippen LogP contribution in [0.15, 0.2) is 54.9 Å². The number of nitrogens with zero attached hydrogens (tertiary/aromatic N) is 3. The zero-order valence-electron chi connectivity index (χ0n) is 14.4. The lowest BCUT2D eigenvalue weighted by Gasteiger charge is -2.09. The first-order valence-electron chi connectivity index (χ1n) is 8.03. The number of anilines is 3. The molecule has 0 atom stereocenters. The van der Waals surface area contributed by atoms with E-state index in [9.17, 15) is 4.79 Å². The van der Waals surface area contributed by atoms with Crippen molar-refractivity contribution in [2.75, 3.05) is 10.6 Å². The first kappa shape index (κ1) is 17.1. The summed E-state index contributed by atoms with van der Waals surface area (Å²) >= 11 is 0. The average molecular weight is 343 g/mol. The van der Waals surface area contributed by atoms with E-state index in [1.54, 1.807) is 24.3 Å². The van der Waals surface area contributed by atoms with Gasteiger partial charge in [0.15, 0.2) is 0 Å². The van der Waals surface area contributed by atoms with Crippen molar-refractivity contribution in [3.8, 4) is 6.07 Å². The number of amides is 1. The number of nitrogens with one attached hydrogen (secondary N) is 2. The Kier molecular flexibility index (Phi) is 4.90. The zero-order chi connectivity index (χ0) is 18.5. The Bertz CT molecular complexity index is 990. The molecule has 6 nitrogen and oxygen atoms in total. The molecule has 26 heavy (non-hydrogen) atoms. The highest BCUT2D eigenvalue weighted by atomic mass is 16.1. The third-order valence-electron chi connectivity index (χ3n) is 3.84. The number of benzene rings is 2. The second-order valence-corrected chi connectivity index (χ2v) is 5.85. The van der Waals surface area contributed by atoms with Gasteiger partial charge in [0, 0.05) is 18.1 Å². The standard InChI is InChI=1S/C20H17N5O/c1-13-7-8-17(14(2)9-13)25-20-22-11-16(12-23-20)19(26)24-18-6-4-3-5-15(18)10-21/h3-9,11-12H,1-2H3,(H,24,26)(H,22,23,25). The summed E-state index contributed by atoms with van der Waals surface area (Å²) < 4.78 is 0. The van der Waals surface area contributed by atoms with Crippen LogP contribution in [0, 0.1) is 25.2 Å². The van der Waals surface area contributed by atoms with Gasteiger partial charge in [-0.3, -0.25) is 4.79 Å². The molecule has 0 radical (unpaired) electrons. The van der Waals surface area contributed by atoms with Crippen molar-refractivity contribution in [1.82, 2.24) is 9.97 Å². The van der Waals surface area contributed by atoms with Crippen LogP contribution in [0.5, 0.6) is 0 Å². The van der Waals surface area contributed by atoms with Crippen molar-refractivity contribution in [1.29, 1.82) is 5.26 Å². The van der Waals surface area contributed by atoms with Gasteiger partial charge in [0.25, 0.3) is 5.91 Å². The minimum absolute atomic E-state index is 0.309. The Morgan fingerprint density at radius 1 is 1.04 bits per heavy atom. The Morgan fingerprint density at radius 2 is 1.77 bits per heavy atom. The number of nitriles is 1. The molecule has 2 aromatic carbocycles. The van der Waals surface area contributed by atoms with E-state index in [4.69, 9.17) is 5.26 Å². The van der Waals surface area contributed by atoms with Crippen LogP contribution < -0.4 is 10.6 Å². The monoisotopic (exact) mass is 343 g/mol. The van der Waals surface area contributed by atoms with Gasteiger partial charge in [-0.05, 0) is 37.6 Å². The molecule has 3 rings (SSSR count). The molecule has 1 amide bonds. The molecule has 0 unspecified atom stereocenters. The molecule has 0 aliphatic heterocycles. The van der Waals surface area contributed by atoms with Crippen LogP contribution >= 0.6 is 0 Å². The lowest BCUT2D eigenvalue weighted by Crippen LogP contribution is -2.14. The van der Waals surface area contributed by atoms with Gasteiger partial charge >= 0.3 is 0 Å². The number of aryl methyl sites for hydroxylation is 2. The van der Waals surface area contributed by atoms with Crippen molar-refractivity contribution in [2.24, 2.45) is 0 Å². The fourth-order valence-corrected chi connectivity index (χ4v) is 2.47. The van der Waals surface area contributed by atoms with E-state index in [0.29, 0.717) is 22.8 Å². The molecule has 3 aromatic rings. The van der Waals surface area contributed by atoms with Crippen LogP contribution in [0.1, 0.15) is 27.0 Å². The van der Waals surface area contributed by atoms with E-state index in [2.05, 4.69) is 26.7 Å². The van der Waals surface area contributed by atoms with Gasteiger partial charge in [-0.25, -0.2) is 9.97 Å². The van der Waals surface area contributed by atoms with E-state index < -0.39 is 0 Å². The lowest BCUT2D eigenvalue weighted by molar-refractivity contribution is 0.102. The van der Waals surface area contributed by atoms with Crippen molar-refractivity contribution >= 4 is 23.2 Å². The van der Waals surface area contributed by atoms with Crippen LogP contribution in [0.2, 0.25) is 0 Å². The van der Waals surface area contributed by atoms with Crippen LogP contribution in [0.4, 0.5) is 17.3 Å². The number of hydrogen-bond donors (Lipinski definition) is 2. The predicted molar refractivity (Wildman–Crippen MR) is 100 cm³/mol. The van der Waals surface area contributed by atoms with Crippen LogP contribution in [-0.4, -0.2) is 15.9 Å². The molecule has 6 heteroatoms. The molecule has 0 bridgehead atoms. The topological polar surface area (TPSA) is 90.7 Å². The van der Waals surface area contributed by atoms with Gasteiger partial charge < -0.3 is 10.6 Å². The summed E-state index contributed by atoms with van der Waals surface area (Å²) in [5, 5.41) is 14.9. The number of hydrogen-bond acceptors (Lipinski definition) is 5. The molecular weight excluding hydrogens is 326 g/mol. The molecule has 0 aliphatic carbocycles. The van der Waals surface area contributed by atoms with Crippen molar-refractivity contribution in [3.05, 3.63) is 77.1 Å². The molecule has 0 spiro atoms. The average Bonchev–Trinajstić information content (AvgIpc) is 2.65. The Morgan fingerprint density at radius 3 is 2.46 bits per heavy atom. The Balaban J connectivity index is 1.73. The van der Waals surface area contributed by atoms with Crippen LogP contribution in [-0.2, 0) is 0 Å². The fraction of sp³-hybridized carbons (Fsp3) is 0.100. The summed E-state index contributed by atoms with van der Waals surface area (Å²) in [6, 6.07) is 14.9. The van der Waals surface area contributed by atoms with Gasteiger partial charge in [-0.1, -0.05) is 29.8 Å². The maximum Gasteiger partial charge on any atom is 0.258 e. The summed E-state index contributed by atoms with van der Waals surface area (Å²) in [6.07, 6.45) is 2.90. The van der Waals surface area contributed by atoms with Crippen LogP contribution in [0.3, 0.4) is 0 Å². The first-order chi connectivity index (χ1) is 12.6. The molecule has 0 fully saturated rings. The first-order valence-corrected chi connectivity index (χ1v) is 8.03. The number of para-hydroxylation sites is 1. The molecule has 0 saturated carbocycles. The molecule has 0 saturated heterocycles. The third kappa shape index (κ3) is 3.84. The third-order valence-corrected chi connectivity index (χ3v) is 3.84. The van der Waals surface area contributed by atoms with Gasteiger partial charge in [-0.15, -0.1) is 0 Å². The quantitative estimate of drug-likeness (QED) is 0.748. The number of carbonyl (C=O) groups excluding carboxylic acids is 1. The maximum atomic E-state index is 12.3. The predicted octanol–water partition coefficient (Wildman–Crippen LogP) is 3.96. The van der Waals surface area contributed by atoms with Gasteiger partial charge in [0.05, 0.1) is 16.8 Å². The van der Waals surface area contributed by atoms with E-state index in [0.717, 1.165) is 11.3 Å². The van der Waals surface area contributed by atoms with E-state index in [1.807, 2.05) is 32.0 Å². The van der Waals surface area contributed by atoms with Crippen LogP contribution in [0.25, 0.3) is 0 Å². The van der Waals surface area contributed by atoms with Crippen molar-refractivity contribution in [2.45, 2.75) is 13.8 Å². The molecule has 128 valence electrons. The summed E-state index contributed by atoms with van der Waals surface area (Å²) in [7, 11) is 0. The van der Waals surface area contributed by atoms with Gasteiger partial charge in [0.2, 0.25) is 5.95 Å². The maximum absolute atomic E-state index is 12.3. The Hall–Kier alpha value is -3.72. The van der Waals surface area contributed by atoms with E-state index in [-0.39, 0.29) is 5.91 Å². The Labute approximate surface area is 151 Å². The summed E-state index contributed by atoms with van der Waals surface area (Å²) in [6.45, 7) is 4.04. The summed E-state index contributed by atoms with van der Waals surface area (Å²) in [4.78, 5) is 20.7. The molecule has 2 N–H and O–H groups in total. The smallest absolute Gasteiger partial charge is 0.258 e. The highest BCUT2D eigenvalue weighted by Crippen LogP contribution is 2.19. The zero-order valence-corrected chi connectivity index (χ0v) is 14.4. The lowest BCUT2D eigenvalue weighted by atomic mass is 10.1. The molecular formula is C20H17N5O. The van der Waals surface area contributed by atoms with Gasteiger partial charge in [-0.2, -0.15) is 5.26 Å². The van der Waals surface area contributed by atoms with Gasteiger partial charge in [0.1, 0.15) is 6.07 Å². The summed E-state index contributed by atoms with van der Waals surface area (Å²) in [5.41, 5.74) is 4.34.